The minimum atomic E-state index is -0.923. The van der Waals surface area contributed by atoms with Gasteiger partial charge < -0.3 is 14.6 Å². The van der Waals surface area contributed by atoms with Gasteiger partial charge in [-0.2, -0.15) is 4.98 Å². The Bertz CT molecular complexity index is 718. The predicted molar refractivity (Wildman–Crippen MR) is 80.4 cm³/mol. The molecule has 0 spiro atoms. The number of likely N-dealkylation sites (tertiary alicyclic amines) is 1. The van der Waals surface area contributed by atoms with Crippen LogP contribution in [0.3, 0.4) is 0 Å². The first-order chi connectivity index (χ1) is 9.97. The number of amides is 1. The number of hydrogen-bond acceptors (Lipinski definition) is 3. The van der Waals surface area contributed by atoms with Crippen molar-refractivity contribution in [3.63, 3.8) is 0 Å². The van der Waals surface area contributed by atoms with E-state index in [1.54, 1.807) is 6.20 Å². The van der Waals surface area contributed by atoms with Gasteiger partial charge in [0.15, 0.2) is 0 Å². The molecule has 3 rings (SSSR count). The molecule has 1 atom stereocenters. The quantitative estimate of drug-likeness (QED) is 0.629. The van der Waals surface area contributed by atoms with Crippen molar-refractivity contribution in [2.24, 2.45) is 0 Å². The molecule has 6 nitrogen and oxygen atoms in total. The van der Waals surface area contributed by atoms with E-state index in [0.29, 0.717) is 29.1 Å². The summed E-state index contributed by atoms with van der Waals surface area (Å²) in [6, 6.07) is -0.0492. The van der Waals surface area contributed by atoms with E-state index in [2.05, 4.69) is 9.97 Å². The summed E-state index contributed by atoms with van der Waals surface area (Å²) < 4.78 is 1.84. The Hall–Kier alpha value is -1.24. The first-order valence-corrected chi connectivity index (χ1v) is 7.47. The van der Waals surface area contributed by atoms with Crippen molar-refractivity contribution in [1.82, 2.24) is 19.4 Å². The van der Waals surface area contributed by atoms with Crippen LogP contribution >= 0.6 is 34.8 Å². The molecule has 9 heteroatoms. The Balaban J connectivity index is 2.06. The lowest BCUT2D eigenvalue weighted by molar-refractivity contribution is 0.122. The zero-order valence-corrected chi connectivity index (χ0v) is 13.0. The van der Waals surface area contributed by atoms with Crippen LogP contribution < -0.4 is 0 Å². The average molecular weight is 350 g/mol. The summed E-state index contributed by atoms with van der Waals surface area (Å²) in [5.74, 6) is 0. The van der Waals surface area contributed by atoms with Crippen LogP contribution in [0, 0.1) is 0 Å². The fourth-order valence-electron chi connectivity index (χ4n) is 2.67. The highest BCUT2D eigenvalue weighted by Crippen LogP contribution is 2.34. The predicted octanol–water partition coefficient (Wildman–Crippen LogP) is 3.71. The molecule has 0 saturated carbocycles. The third-order valence-corrected chi connectivity index (χ3v) is 4.34. The van der Waals surface area contributed by atoms with E-state index in [0.717, 1.165) is 12.8 Å². The Labute approximate surface area is 135 Å². The number of carboxylic acid groups (broad SMARTS) is 1. The van der Waals surface area contributed by atoms with Crippen LogP contribution in [0.4, 0.5) is 4.79 Å². The number of rotatable bonds is 1. The van der Waals surface area contributed by atoms with Crippen molar-refractivity contribution in [3.05, 3.63) is 21.7 Å². The van der Waals surface area contributed by atoms with Crippen LogP contribution in [0.15, 0.2) is 6.20 Å². The van der Waals surface area contributed by atoms with Crippen LogP contribution in [0.25, 0.3) is 11.0 Å². The zero-order chi connectivity index (χ0) is 15.1. The molecule has 0 bridgehead atoms. The maximum atomic E-state index is 11.1. The highest BCUT2D eigenvalue weighted by atomic mass is 35.5. The van der Waals surface area contributed by atoms with Crippen LogP contribution in [0.1, 0.15) is 18.9 Å². The number of carbonyl (C=O) groups is 1. The second-order valence-corrected chi connectivity index (χ2v) is 5.99. The van der Waals surface area contributed by atoms with Gasteiger partial charge in [-0.05, 0) is 24.4 Å². The Morgan fingerprint density at radius 3 is 2.81 bits per heavy atom. The van der Waals surface area contributed by atoms with E-state index in [9.17, 15) is 4.79 Å². The number of nitrogens with zero attached hydrogens (tertiary/aromatic N) is 4. The topological polar surface area (TPSA) is 71.2 Å². The molecule has 0 aliphatic carbocycles. The van der Waals surface area contributed by atoms with Gasteiger partial charge in [-0.25, -0.2) is 9.78 Å². The van der Waals surface area contributed by atoms with Crippen LogP contribution in [0.5, 0.6) is 0 Å². The normalized spacial score (nSPS) is 19.2. The Morgan fingerprint density at radius 2 is 2.10 bits per heavy atom. The lowest BCUT2D eigenvalue weighted by Crippen LogP contribution is -2.39. The van der Waals surface area contributed by atoms with Gasteiger partial charge in [0.25, 0.3) is 0 Å². The number of hydrogen-bond donors (Lipinski definition) is 1. The molecule has 1 N–H and O–H groups in total. The highest BCUT2D eigenvalue weighted by molar-refractivity contribution is 6.42. The zero-order valence-electron chi connectivity index (χ0n) is 10.8. The van der Waals surface area contributed by atoms with Crippen molar-refractivity contribution >= 4 is 51.9 Å². The number of halogens is 3. The van der Waals surface area contributed by atoms with Gasteiger partial charge >= 0.3 is 6.09 Å². The van der Waals surface area contributed by atoms with Crippen molar-refractivity contribution in [3.8, 4) is 0 Å². The van der Waals surface area contributed by atoms with Crippen molar-refractivity contribution in [2.75, 3.05) is 13.1 Å². The monoisotopic (exact) mass is 348 g/mol. The lowest BCUT2D eigenvalue weighted by atomic mass is 10.1. The molecule has 1 saturated heterocycles. The van der Waals surface area contributed by atoms with Crippen LogP contribution in [-0.2, 0) is 0 Å². The molecule has 112 valence electrons. The number of piperidine rings is 1. The molecule has 1 amide bonds. The molecule has 1 unspecified atom stereocenters. The highest BCUT2D eigenvalue weighted by Gasteiger charge is 2.27. The summed E-state index contributed by atoms with van der Waals surface area (Å²) in [6.07, 6.45) is 2.40. The van der Waals surface area contributed by atoms with Crippen LogP contribution in [0.2, 0.25) is 15.5 Å². The van der Waals surface area contributed by atoms with Gasteiger partial charge in [-0.3, -0.25) is 0 Å². The smallest absolute Gasteiger partial charge is 0.407 e. The summed E-state index contributed by atoms with van der Waals surface area (Å²) in [4.78, 5) is 20.6. The molecule has 2 aromatic rings. The van der Waals surface area contributed by atoms with Crippen molar-refractivity contribution in [2.45, 2.75) is 18.9 Å². The van der Waals surface area contributed by atoms with Gasteiger partial charge in [-0.1, -0.05) is 23.2 Å². The van der Waals surface area contributed by atoms with E-state index < -0.39 is 6.09 Å². The molecule has 1 aliphatic heterocycles. The lowest BCUT2D eigenvalue weighted by Gasteiger charge is -2.31. The second-order valence-electron chi connectivity index (χ2n) is 4.89. The standard InChI is InChI=1S/C12H11Cl3N4O2/c13-7-5-19(6-2-1-3-18(4-6)12(20)21)10-8(7)9(14)16-11(15)17-10/h5-6H,1-4H2,(H,20,21). The maximum absolute atomic E-state index is 11.1. The summed E-state index contributed by atoms with van der Waals surface area (Å²) >= 11 is 18.1. The fraction of sp³-hybridized carbons (Fsp3) is 0.417. The van der Waals surface area contributed by atoms with Gasteiger partial charge in [0, 0.05) is 19.3 Å². The summed E-state index contributed by atoms with van der Waals surface area (Å²) in [5, 5.41) is 10.3. The van der Waals surface area contributed by atoms with E-state index in [1.165, 1.54) is 4.90 Å². The van der Waals surface area contributed by atoms with Gasteiger partial charge in [0.05, 0.1) is 16.5 Å². The number of fused-ring (bicyclic) bond motifs is 1. The minimum absolute atomic E-state index is 0.0365. The second kappa shape index (κ2) is 5.51. The SMILES string of the molecule is O=C(O)N1CCCC(n2cc(Cl)c3c(Cl)nc(Cl)nc32)C1. The van der Waals surface area contributed by atoms with E-state index in [-0.39, 0.29) is 16.5 Å². The largest absolute Gasteiger partial charge is 0.465 e. The van der Waals surface area contributed by atoms with Crippen LogP contribution in [-0.4, -0.2) is 43.7 Å². The molecule has 1 aliphatic rings. The Morgan fingerprint density at radius 1 is 1.33 bits per heavy atom. The molecule has 21 heavy (non-hydrogen) atoms. The fourth-order valence-corrected chi connectivity index (χ4v) is 3.47. The number of aromatic nitrogens is 3. The van der Waals surface area contributed by atoms with Gasteiger partial charge in [0.1, 0.15) is 10.8 Å². The third-order valence-electron chi connectivity index (χ3n) is 3.61. The summed E-state index contributed by atoms with van der Waals surface area (Å²) in [5.41, 5.74) is 0.530. The molecule has 0 radical (unpaired) electrons. The summed E-state index contributed by atoms with van der Waals surface area (Å²) in [6.45, 7) is 0.921. The van der Waals surface area contributed by atoms with E-state index in [1.807, 2.05) is 4.57 Å². The van der Waals surface area contributed by atoms with E-state index >= 15 is 0 Å². The summed E-state index contributed by atoms with van der Waals surface area (Å²) in [7, 11) is 0. The average Bonchev–Trinajstić information content (AvgIpc) is 2.76. The third kappa shape index (κ3) is 2.63. The molecular weight excluding hydrogens is 339 g/mol. The first kappa shape index (κ1) is 14.7. The molecule has 2 aromatic heterocycles. The van der Waals surface area contributed by atoms with Crippen molar-refractivity contribution < 1.29 is 9.90 Å². The molecule has 1 fully saturated rings. The minimum Gasteiger partial charge on any atom is -0.465 e. The molecular formula is C12H11Cl3N4O2. The van der Waals surface area contributed by atoms with Gasteiger partial charge in [0.2, 0.25) is 5.28 Å². The van der Waals surface area contributed by atoms with Crippen molar-refractivity contribution in [1.29, 1.82) is 0 Å². The Kier molecular flexibility index (Phi) is 3.86. The molecule has 3 heterocycles. The molecule has 0 aromatic carbocycles. The van der Waals surface area contributed by atoms with E-state index in [4.69, 9.17) is 39.9 Å². The first-order valence-electron chi connectivity index (χ1n) is 6.34. The van der Waals surface area contributed by atoms with Gasteiger partial charge in [-0.15, -0.1) is 0 Å². The maximum Gasteiger partial charge on any atom is 0.407 e.